The first-order valence-electron chi connectivity index (χ1n) is 6.84. The van der Waals surface area contributed by atoms with Crippen molar-refractivity contribution < 1.29 is 4.74 Å². The van der Waals surface area contributed by atoms with Crippen molar-refractivity contribution in [1.82, 2.24) is 9.78 Å². The molecule has 0 amide bonds. The summed E-state index contributed by atoms with van der Waals surface area (Å²) in [5, 5.41) is 4.80. The maximum atomic E-state index is 6.17. The summed E-state index contributed by atoms with van der Waals surface area (Å²) in [6.07, 6.45) is 5.60. The molecule has 3 rings (SSSR count). The number of benzene rings is 1. The standard InChI is InChI=1S/C15H18ClN3O/c1-19-15(17)14(8-18-19)11-5-12(16)7-13(6-11)20-9-10-3-2-4-10/h5-8,10H,2-4,9,17H2,1H3. The second kappa shape index (κ2) is 5.37. The Bertz CT molecular complexity index is 620. The van der Waals surface area contributed by atoms with Gasteiger partial charge in [-0.2, -0.15) is 5.10 Å². The molecule has 4 nitrogen and oxygen atoms in total. The van der Waals surface area contributed by atoms with Crippen molar-refractivity contribution in [3.63, 3.8) is 0 Å². The van der Waals surface area contributed by atoms with Crippen LogP contribution in [0.25, 0.3) is 11.1 Å². The summed E-state index contributed by atoms with van der Waals surface area (Å²) >= 11 is 6.17. The topological polar surface area (TPSA) is 53.1 Å². The van der Waals surface area contributed by atoms with Crippen molar-refractivity contribution in [3.05, 3.63) is 29.4 Å². The Morgan fingerprint density at radius 2 is 2.20 bits per heavy atom. The number of nitrogen functional groups attached to an aromatic ring is 1. The normalized spacial score (nSPS) is 15.1. The molecule has 2 aromatic rings. The van der Waals surface area contributed by atoms with E-state index in [9.17, 15) is 0 Å². The number of nitrogens with zero attached hydrogens (tertiary/aromatic N) is 2. The van der Waals surface area contributed by atoms with E-state index in [1.54, 1.807) is 10.9 Å². The lowest BCUT2D eigenvalue weighted by atomic mass is 9.86. The fraction of sp³-hybridized carbons (Fsp3) is 0.400. The molecule has 5 heteroatoms. The van der Waals surface area contributed by atoms with Crippen LogP contribution in [0.2, 0.25) is 5.02 Å². The fourth-order valence-electron chi connectivity index (χ4n) is 2.34. The molecular formula is C15H18ClN3O. The van der Waals surface area contributed by atoms with Crippen molar-refractivity contribution in [2.45, 2.75) is 19.3 Å². The molecule has 1 heterocycles. The quantitative estimate of drug-likeness (QED) is 0.938. The molecule has 0 bridgehead atoms. The molecule has 20 heavy (non-hydrogen) atoms. The molecule has 1 aromatic carbocycles. The van der Waals surface area contributed by atoms with Crippen LogP contribution in [-0.4, -0.2) is 16.4 Å². The Labute approximate surface area is 123 Å². The number of ether oxygens (including phenoxy) is 1. The molecule has 1 saturated carbocycles. The fourth-order valence-corrected chi connectivity index (χ4v) is 2.57. The zero-order chi connectivity index (χ0) is 14.1. The Hall–Kier alpha value is -1.68. The van der Waals surface area contributed by atoms with E-state index in [-0.39, 0.29) is 0 Å². The van der Waals surface area contributed by atoms with Crippen LogP contribution < -0.4 is 10.5 Å². The highest BCUT2D eigenvalue weighted by atomic mass is 35.5. The number of aryl methyl sites for hydroxylation is 1. The van der Waals surface area contributed by atoms with E-state index >= 15 is 0 Å². The van der Waals surface area contributed by atoms with Gasteiger partial charge < -0.3 is 10.5 Å². The molecule has 0 aliphatic heterocycles. The van der Waals surface area contributed by atoms with Gasteiger partial charge >= 0.3 is 0 Å². The second-order valence-corrected chi connectivity index (χ2v) is 5.79. The molecular weight excluding hydrogens is 274 g/mol. The first-order valence-corrected chi connectivity index (χ1v) is 7.22. The molecule has 0 spiro atoms. The minimum absolute atomic E-state index is 0.622. The van der Waals surface area contributed by atoms with Crippen molar-refractivity contribution in [1.29, 1.82) is 0 Å². The SMILES string of the molecule is Cn1ncc(-c2cc(Cl)cc(OCC3CCC3)c2)c1N. The number of hydrogen-bond donors (Lipinski definition) is 1. The minimum atomic E-state index is 0.622. The zero-order valence-electron chi connectivity index (χ0n) is 11.5. The van der Waals surface area contributed by atoms with Gasteiger partial charge in [-0.3, -0.25) is 4.68 Å². The largest absolute Gasteiger partial charge is 0.493 e. The zero-order valence-corrected chi connectivity index (χ0v) is 12.2. The van der Waals surface area contributed by atoms with Crippen molar-refractivity contribution in [3.8, 4) is 16.9 Å². The summed E-state index contributed by atoms with van der Waals surface area (Å²) in [4.78, 5) is 0. The van der Waals surface area contributed by atoms with Crippen LogP contribution in [0.1, 0.15) is 19.3 Å². The number of hydrogen-bond acceptors (Lipinski definition) is 3. The van der Waals surface area contributed by atoms with Gasteiger partial charge in [-0.25, -0.2) is 0 Å². The van der Waals surface area contributed by atoms with Gasteiger partial charge in [0.05, 0.1) is 12.8 Å². The first-order chi connectivity index (χ1) is 9.63. The molecule has 0 atom stereocenters. The summed E-state index contributed by atoms with van der Waals surface area (Å²) in [5.41, 5.74) is 7.82. The molecule has 0 radical (unpaired) electrons. The van der Waals surface area contributed by atoms with Gasteiger partial charge in [-0.05, 0) is 42.5 Å². The number of rotatable bonds is 4. The van der Waals surface area contributed by atoms with Gasteiger partial charge in [0.1, 0.15) is 11.6 Å². The molecule has 0 saturated heterocycles. The average molecular weight is 292 g/mol. The Kier molecular flexibility index (Phi) is 3.57. The third-order valence-electron chi connectivity index (χ3n) is 3.88. The van der Waals surface area contributed by atoms with Gasteiger partial charge in [0.15, 0.2) is 0 Å². The lowest BCUT2D eigenvalue weighted by Crippen LogP contribution is -2.19. The Morgan fingerprint density at radius 1 is 1.40 bits per heavy atom. The van der Waals surface area contributed by atoms with Crippen LogP contribution in [0.4, 0.5) is 5.82 Å². The van der Waals surface area contributed by atoms with Crippen LogP contribution in [0.15, 0.2) is 24.4 Å². The monoisotopic (exact) mass is 291 g/mol. The highest BCUT2D eigenvalue weighted by Crippen LogP contribution is 2.33. The minimum Gasteiger partial charge on any atom is -0.493 e. The molecule has 1 aliphatic carbocycles. The highest BCUT2D eigenvalue weighted by molar-refractivity contribution is 6.31. The smallest absolute Gasteiger partial charge is 0.129 e. The van der Waals surface area contributed by atoms with Crippen LogP contribution in [-0.2, 0) is 7.05 Å². The predicted octanol–water partition coefficient (Wildman–Crippen LogP) is 3.50. The van der Waals surface area contributed by atoms with E-state index in [2.05, 4.69) is 5.10 Å². The Morgan fingerprint density at radius 3 is 2.80 bits per heavy atom. The maximum absolute atomic E-state index is 6.17. The van der Waals surface area contributed by atoms with E-state index in [4.69, 9.17) is 22.1 Å². The molecule has 2 N–H and O–H groups in total. The van der Waals surface area contributed by atoms with Gasteiger partial charge in [0.2, 0.25) is 0 Å². The van der Waals surface area contributed by atoms with Gasteiger partial charge in [0, 0.05) is 17.6 Å². The lowest BCUT2D eigenvalue weighted by molar-refractivity contribution is 0.180. The number of anilines is 1. The Balaban J connectivity index is 1.83. The third kappa shape index (κ3) is 2.61. The number of aromatic nitrogens is 2. The lowest BCUT2D eigenvalue weighted by Gasteiger charge is -2.25. The van der Waals surface area contributed by atoms with Gasteiger partial charge in [-0.1, -0.05) is 18.0 Å². The molecule has 1 fully saturated rings. The van der Waals surface area contributed by atoms with Gasteiger partial charge in [-0.15, -0.1) is 0 Å². The van der Waals surface area contributed by atoms with E-state index in [0.717, 1.165) is 23.5 Å². The first kappa shape index (κ1) is 13.3. The molecule has 1 aliphatic rings. The summed E-state index contributed by atoms with van der Waals surface area (Å²) in [6.45, 7) is 0.766. The third-order valence-corrected chi connectivity index (χ3v) is 4.10. The summed E-state index contributed by atoms with van der Waals surface area (Å²) in [6, 6.07) is 5.69. The van der Waals surface area contributed by atoms with Crippen LogP contribution in [0.3, 0.4) is 0 Å². The van der Waals surface area contributed by atoms with Crippen molar-refractivity contribution in [2.75, 3.05) is 12.3 Å². The summed E-state index contributed by atoms with van der Waals surface area (Å²) in [7, 11) is 1.82. The average Bonchev–Trinajstić information content (AvgIpc) is 2.67. The van der Waals surface area contributed by atoms with Crippen molar-refractivity contribution in [2.24, 2.45) is 13.0 Å². The number of nitrogens with two attached hydrogens (primary N) is 1. The predicted molar refractivity (Wildman–Crippen MR) is 80.9 cm³/mol. The summed E-state index contributed by atoms with van der Waals surface area (Å²) in [5.74, 6) is 2.11. The molecule has 1 aromatic heterocycles. The highest BCUT2D eigenvalue weighted by Gasteiger charge is 2.18. The van der Waals surface area contributed by atoms with Crippen LogP contribution >= 0.6 is 11.6 Å². The van der Waals surface area contributed by atoms with Crippen LogP contribution in [0, 0.1) is 5.92 Å². The van der Waals surface area contributed by atoms with E-state index in [1.165, 1.54) is 19.3 Å². The summed E-state index contributed by atoms with van der Waals surface area (Å²) < 4.78 is 7.49. The molecule has 106 valence electrons. The van der Waals surface area contributed by atoms with E-state index < -0.39 is 0 Å². The van der Waals surface area contributed by atoms with Crippen molar-refractivity contribution >= 4 is 17.4 Å². The maximum Gasteiger partial charge on any atom is 0.129 e. The number of halogens is 1. The molecule has 0 unspecified atom stereocenters. The van der Waals surface area contributed by atoms with E-state index in [1.807, 2.05) is 25.2 Å². The van der Waals surface area contributed by atoms with Crippen LogP contribution in [0.5, 0.6) is 5.75 Å². The van der Waals surface area contributed by atoms with Gasteiger partial charge in [0.25, 0.3) is 0 Å². The second-order valence-electron chi connectivity index (χ2n) is 5.35. The van der Waals surface area contributed by atoms with E-state index in [0.29, 0.717) is 16.8 Å².